The summed E-state index contributed by atoms with van der Waals surface area (Å²) < 4.78 is 54.7. The second-order valence-corrected chi connectivity index (χ2v) is 29.3. The van der Waals surface area contributed by atoms with Gasteiger partial charge in [-0.25, -0.2) is 19.2 Å². The number of hydrogen-bond donors (Lipinski definition) is 10. The Hall–Kier alpha value is -8.90. The molecular formula is C86H136N6O28. The van der Waals surface area contributed by atoms with Crippen molar-refractivity contribution < 1.29 is 135 Å². The summed E-state index contributed by atoms with van der Waals surface area (Å²) in [4.78, 5) is 169. The molecule has 0 aliphatic carbocycles. The van der Waals surface area contributed by atoms with Crippen molar-refractivity contribution >= 4 is 82.5 Å². The van der Waals surface area contributed by atoms with E-state index in [1.54, 1.807) is 24.3 Å². The predicted molar refractivity (Wildman–Crippen MR) is 442 cm³/mol. The van der Waals surface area contributed by atoms with Crippen molar-refractivity contribution in [2.45, 2.75) is 231 Å². The van der Waals surface area contributed by atoms with Gasteiger partial charge >= 0.3 is 23.9 Å². The largest absolute Gasteiger partial charge is 0.494 e. The maximum atomic E-state index is 13.0. The van der Waals surface area contributed by atoms with Crippen LogP contribution in [-0.4, -0.2) is 260 Å². The number of unbranched alkanes of at least 4 members (excludes halogenated alkanes) is 14. The van der Waals surface area contributed by atoms with Crippen LogP contribution in [0, 0.1) is 11.8 Å². The average Bonchev–Trinajstić information content (AvgIpc) is 0.900. The molecule has 120 heavy (non-hydrogen) atoms. The third kappa shape index (κ3) is 61.4. The molecular weight excluding hydrogens is 1560 g/mol. The first kappa shape index (κ1) is 107. The number of aliphatic carboxylic acids is 2. The van der Waals surface area contributed by atoms with E-state index >= 15 is 0 Å². The van der Waals surface area contributed by atoms with E-state index in [0.717, 1.165) is 83.5 Å². The fourth-order valence-electron chi connectivity index (χ4n) is 12.0. The number of nitrogens with one attached hydrogen (secondary N) is 6. The Balaban J connectivity index is 1.32. The zero-order valence-electron chi connectivity index (χ0n) is 70.7. The topological polar surface area (TPSA) is 484 Å². The second kappa shape index (κ2) is 71.8. The first-order valence-corrected chi connectivity index (χ1v) is 42.7. The molecule has 34 heteroatoms. The van der Waals surface area contributed by atoms with E-state index in [0.29, 0.717) is 109 Å². The van der Waals surface area contributed by atoms with Crippen LogP contribution in [0.3, 0.4) is 0 Å². The van der Waals surface area contributed by atoms with Crippen molar-refractivity contribution in [2.75, 3.05) is 145 Å². The van der Waals surface area contributed by atoms with Crippen LogP contribution in [0.5, 0.6) is 11.5 Å². The van der Waals surface area contributed by atoms with E-state index in [1.165, 1.54) is 31.2 Å². The highest BCUT2D eigenvalue weighted by Crippen LogP contribution is 2.21. The summed E-state index contributed by atoms with van der Waals surface area (Å²) in [7, 11) is 0. The van der Waals surface area contributed by atoms with Gasteiger partial charge in [-0.2, -0.15) is 0 Å². The SMILES string of the molecule is CC(=O)[C@H](CCCCNC(=O)COCCOCCNC(=O)COCCOCCCC(=O)CC[C@H](NC(=O)CCCCCCCCCOc1ccc(C(=O)O)cc1)C(=O)O)CCC(=O)[C@@H](C)CCCCNC(=O)COCCOCCCC(=O)COCCOCCNC(=O)CC[C@H](NC(=O)CCCCCCCCCOc1ccc(C(=O)O)cc1)C(=O)O. The van der Waals surface area contributed by atoms with Gasteiger partial charge in [-0.05, 0) is 139 Å². The molecule has 0 aliphatic rings. The van der Waals surface area contributed by atoms with Crippen LogP contribution in [0.25, 0.3) is 0 Å². The molecule has 0 unspecified atom stereocenters. The Kier molecular flexibility index (Phi) is 64.1. The van der Waals surface area contributed by atoms with Gasteiger partial charge in [0.1, 0.15) is 67.4 Å². The number of ether oxygens (including phenoxy) is 10. The van der Waals surface area contributed by atoms with Crippen LogP contribution in [0.1, 0.15) is 240 Å². The van der Waals surface area contributed by atoms with Crippen molar-refractivity contribution in [3.63, 3.8) is 0 Å². The van der Waals surface area contributed by atoms with E-state index < -0.39 is 36.0 Å². The molecule has 0 aliphatic heterocycles. The molecule has 10 N–H and O–H groups in total. The van der Waals surface area contributed by atoms with Gasteiger partial charge in [0, 0.05) is 96.2 Å². The third-order valence-electron chi connectivity index (χ3n) is 19.1. The molecule has 6 amide bonds. The number of benzene rings is 2. The summed E-state index contributed by atoms with van der Waals surface area (Å²) in [6.45, 7) is 7.59. The van der Waals surface area contributed by atoms with Crippen LogP contribution < -0.4 is 41.4 Å². The summed E-state index contributed by atoms with van der Waals surface area (Å²) in [5, 5.41) is 53.1. The molecule has 0 bridgehead atoms. The van der Waals surface area contributed by atoms with Gasteiger partial charge in [0.25, 0.3) is 0 Å². The van der Waals surface area contributed by atoms with Crippen LogP contribution >= 0.6 is 0 Å². The van der Waals surface area contributed by atoms with Crippen LogP contribution in [0.4, 0.5) is 0 Å². The number of carbonyl (C=O) groups excluding carboxylic acids is 10. The van der Waals surface area contributed by atoms with Gasteiger partial charge in [0.15, 0.2) is 5.78 Å². The number of carboxylic acid groups (broad SMARTS) is 4. The molecule has 0 saturated heterocycles. The Morgan fingerprint density at radius 2 is 0.667 bits per heavy atom. The fraction of sp³-hybridized carbons (Fsp3) is 0.698. The maximum Gasteiger partial charge on any atom is 0.335 e. The van der Waals surface area contributed by atoms with Crippen LogP contribution in [0.15, 0.2) is 48.5 Å². The highest BCUT2D eigenvalue weighted by molar-refractivity contribution is 5.89. The van der Waals surface area contributed by atoms with Gasteiger partial charge in [-0.3, -0.25) is 47.9 Å². The van der Waals surface area contributed by atoms with Gasteiger partial charge in [0.05, 0.1) is 90.4 Å². The molecule has 34 nitrogen and oxygen atoms in total. The highest BCUT2D eigenvalue weighted by atomic mass is 16.5. The first-order valence-electron chi connectivity index (χ1n) is 42.7. The maximum absolute atomic E-state index is 13.0. The van der Waals surface area contributed by atoms with E-state index in [9.17, 15) is 77.3 Å². The summed E-state index contributed by atoms with van der Waals surface area (Å²) in [6.07, 6.45) is 18.7. The first-order chi connectivity index (χ1) is 57.9. The lowest BCUT2D eigenvalue weighted by atomic mass is 9.89. The second-order valence-electron chi connectivity index (χ2n) is 29.3. The minimum Gasteiger partial charge on any atom is -0.494 e. The van der Waals surface area contributed by atoms with E-state index in [-0.39, 0.29) is 252 Å². The van der Waals surface area contributed by atoms with Crippen LogP contribution in [-0.2, 0) is 95.4 Å². The minimum atomic E-state index is -1.22. The van der Waals surface area contributed by atoms with Crippen molar-refractivity contribution in [1.82, 2.24) is 31.9 Å². The minimum absolute atomic E-state index is 0.000894. The third-order valence-corrected chi connectivity index (χ3v) is 19.1. The Labute approximate surface area is 705 Å². The van der Waals surface area contributed by atoms with Crippen molar-refractivity contribution in [1.29, 1.82) is 0 Å². The average molecular weight is 1700 g/mol. The van der Waals surface area contributed by atoms with Crippen molar-refractivity contribution in [3.05, 3.63) is 59.7 Å². The zero-order chi connectivity index (χ0) is 87.9. The lowest BCUT2D eigenvalue weighted by Crippen LogP contribution is -2.41. The normalized spacial score (nSPS) is 12.1. The number of amides is 6. The molecule has 0 heterocycles. The van der Waals surface area contributed by atoms with Crippen LogP contribution in [0.2, 0.25) is 0 Å². The lowest BCUT2D eigenvalue weighted by Gasteiger charge is -2.15. The summed E-state index contributed by atoms with van der Waals surface area (Å²) >= 11 is 0. The van der Waals surface area contributed by atoms with Gasteiger partial charge in [-0.1, -0.05) is 84.0 Å². The van der Waals surface area contributed by atoms with Gasteiger partial charge in [-0.15, -0.1) is 0 Å². The molecule has 0 fully saturated rings. The number of carbonyl (C=O) groups is 14. The molecule has 2 rings (SSSR count). The molecule has 0 saturated carbocycles. The summed E-state index contributed by atoms with van der Waals surface area (Å²) in [6, 6.07) is 10.2. The number of carboxylic acids is 4. The molecule has 0 radical (unpaired) electrons. The Morgan fingerprint density at radius 3 is 1.09 bits per heavy atom. The number of hydrogen-bond acceptors (Lipinski definition) is 24. The van der Waals surface area contributed by atoms with Gasteiger partial charge < -0.3 is 99.7 Å². The summed E-state index contributed by atoms with van der Waals surface area (Å²) in [5.41, 5.74) is 0.410. The standard InChI is InChI=1S/C86H136N6O28/c1-65(23-15-17-43-87-80(100)62-116-58-54-112-48-22-26-71(95)61-115-57-55-113-51-45-89-77(97)42-40-75(86(109)110)92-79(99)28-14-10-6-4-8-12-20-50-120-73-37-31-69(32-38-73)84(105)106)76(96)41-33-67(66(2)93)24-16-18-44-88-81(101)63-118-60-56-114-52-46-90-82(102)64-117-59-53-111-47-21-25-70(94)34-39-74(85(107)108)91-78(98)27-13-9-5-3-7-11-19-49-119-72-35-29-68(30-36-72)83(103)104/h29-32,35-38,65,67,74-75H,3-28,33-34,39-64H2,1-2H3,(H,87,100)(H,88,101)(H,89,97)(H,90,102)(H,91,98)(H,92,99)(H,103,104)(H,105,106)(H,107,108)(H,109,110)/t65-,67+,74-,75-/m0/s1. The Bertz CT molecular complexity index is 3230. The monoisotopic (exact) mass is 1700 g/mol. The quantitative estimate of drug-likeness (QED) is 0.0278. The van der Waals surface area contributed by atoms with Crippen molar-refractivity contribution in [3.8, 4) is 11.5 Å². The number of aromatic carboxylic acids is 2. The van der Waals surface area contributed by atoms with Crippen molar-refractivity contribution in [2.24, 2.45) is 11.8 Å². The molecule has 2 aromatic carbocycles. The smallest absolute Gasteiger partial charge is 0.335 e. The molecule has 678 valence electrons. The highest BCUT2D eigenvalue weighted by Gasteiger charge is 2.24. The number of ketones is 4. The van der Waals surface area contributed by atoms with E-state index in [2.05, 4.69) is 31.9 Å². The summed E-state index contributed by atoms with van der Waals surface area (Å²) in [5.74, 6) is -5.78. The molecule has 0 aromatic heterocycles. The van der Waals surface area contributed by atoms with E-state index in [4.69, 9.17) is 57.6 Å². The molecule has 4 atom stereocenters. The van der Waals surface area contributed by atoms with E-state index in [1.807, 2.05) is 6.92 Å². The lowest BCUT2D eigenvalue weighted by molar-refractivity contribution is -0.142. The number of rotatable bonds is 83. The Morgan fingerprint density at radius 1 is 0.300 bits per heavy atom. The van der Waals surface area contributed by atoms with Gasteiger partial charge in [0.2, 0.25) is 35.4 Å². The molecule has 2 aromatic rings. The molecule has 0 spiro atoms. The number of Topliss-reactive ketones (excluding diaryl/α,β-unsaturated/α-hetero) is 4. The fourth-order valence-corrected chi connectivity index (χ4v) is 12.0. The predicted octanol–water partition coefficient (Wildman–Crippen LogP) is 8.31. The zero-order valence-corrected chi connectivity index (χ0v) is 70.7.